The highest BCUT2D eigenvalue weighted by atomic mass is 16.6. The molecule has 2 unspecified atom stereocenters. The molecule has 0 aliphatic carbocycles. The van der Waals surface area contributed by atoms with Gasteiger partial charge in [-0.3, -0.25) is 4.79 Å². The monoisotopic (exact) mass is 284 g/mol. The summed E-state index contributed by atoms with van der Waals surface area (Å²) >= 11 is 0. The Morgan fingerprint density at radius 2 is 1.71 bits per heavy atom. The third-order valence-electron chi connectivity index (χ3n) is 3.54. The van der Waals surface area contributed by atoms with E-state index in [1.54, 1.807) is 26.4 Å². The Labute approximate surface area is 123 Å². The standard InChI is InChI=1S/C17H16O4/c1-19-13-9-8-12(10-14(13)20-2)16-17(21-16)15(18)11-6-4-3-5-7-11/h3-10,16-17H,1-2H3. The van der Waals surface area contributed by atoms with Gasteiger partial charge in [-0.05, 0) is 17.7 Å². The predicted molar refractivity (Wildman–Crippen MR) is 77.9 cm³/mol. The van der Waals surface area contributed by atoms with E-state index in [1.807, 2.05) is 36.4 Å². The van der Waals surface area contributed by atoms with Crippen molar-refractivity contribution in [3.8, 4) is 11.5 Å². The molecule has 1 aliphatic heterocycles. The maximum absolute atomic E-state index is 12.3. The van der Waals surface area contributed by atoms with Crippen molar-refractivity contribution in [3.63, 3.8) is 0 Å². The number of benzene rings is 2. The summed E-state index contributed by atoms with van der Waals surface area (Å²) in [6, 6.07) is 14.7. The van der Waals surface area contributed by atoms with Gasteiger partial charge in [-0.15, -0.1) is 0 Å². The highest BCUT2D eigenvalue weighted by Gasteiger charge is 2.46. The number of carbonyl (C=O) groups is 1. The molecular formula is C17H16O4. The fourth-order valence-corrected chi connectivity index (χ4v) is 2.36. The Bertz CT molecular complexity index is 651. The Morgan fingerprint density at radius 3 is 2.38 bits per heavy atom. The highest BCUT2D eigenvalue weighted by molar-refractivity contribution is 6.01. The minimum absolute atomic E-state index is 0.00962. The molecule has 2 aromatic carbocycles. The molecule has 0 spiro atoms. The van der Waals surface area contributed by atoms with E-state index in [0.29, 0.717) is 17.1 Å². The molecule has 4 heteroatoms. The van der Waals surface area contributed by atoms with Gasteiger partial charge < -0.3 is 14.2 Å². The first-order valence-electron chi connectivity index (χ1n) is 6.71. The molecule has 0 saturated carbocycles. The lowest BCUT2D eigenvalue weighted by Crippen LogP contribution is -2.07. The van der Waals surface area contributed by atoms with E-state index in [0.717, 1.165) is 5.56 Å². The van der Waals surface area contributed by atoms with Crippen molar-refractivity contribution in [2.75, 3.05) is 14.2 Å². The first kappa shape index (κ1) is 13.6. The lowest BCUT2D eigenvalue weighted by atomic mass is 10.0. The van der Waals surface area contributed by atoms with Crippen LogP contribution in [0.15, 0.2) is 48.5 Å². The molecule has 3 rings (SSSR count). The van der Waals surface area contributed by atoms with Gasteiger partial charge in [0.05, 0.1) is 14.2 Å². The molecule has 0 radical (unpaired) electrons. The molecule has 2 aromatic rings. The first-order valence-corrected chi connectivity index (χ1v) is 6.71. The van der Waals surface area contributed by atoms with E-state index in [-0.39, 0.29) is 11.9 Å². The largest absolute Gasteiger partial charge is 0.493 e. The van der Waals surface area contributed by atoms with E-state index in [2.05, 4.69) is 0 Å². The number of hydrogen-bond acceptors (Lipinski definition) is 4. The SMILES string of the molecule is COc1ccc(C2OC2C(=O)c2ccccc2)cc1OC. The van der Waals surface area contributed by atoms with Gasteiger partial charge in [0.2, 0.25) is 0 Å². The normalized spacial score (nSPS) is 19.9. The van der Waals surface area contributed by atoms with Crippen molar-refractivity contribution >= 4 is 5.78 Å². The topological polar surface area (TPSA) is 48.1 Å². The zero-order chi connectivity index (χ0) is 14.8. The van der Waals surface area contributed by atoms with Crippen molar-refractivity contribution in [2.24, 2.45) is 0 Å². The van der Waals surface area contributed by atoms with Crippen LogP contribution in [-0.4, -0.2) is 26.1 Å². The fourth-order valence-electron chi connectivity index (χ4n) is 2.36. The predicted octanol–water partition coefficient (Wildman–Crippen LogP) is 3.03. The van der Waals surface area contributed by atoms with Crippen molar-refractivity contribution in [1.82, 2.24) is 0 Å². The summed E-state index contributed by atoms with van der Waals surface area (Å²) in [6.07, 6.45) is -0.622. The van der Waals surface area contributed by atoms with Gasteiger partial charge in [-0.25, -0.2) is 0 Å². The second-order valence-electron chi connectivity index (χ2n) is 4.82. The molecule has 108 valence electrons. The minimum Gasteiger partial charge on any atom is -0.493 e. The van der Waals surface area contributed by atoms with E-state index >= 15 is 0 Å². The molecule has 0 bridgehead atoms. The van der Waals surface area contributed by atoms with Crippen LogP contribution in [0, 0.1) is 0 Å². The molecule has 1 heterocycles. The number of ether oxygens (including phenoxy) is 3. The second kappa shape index (κ2) is 5.58. The van der Waals surface area contributed by atoms with E-state index < -0.39 is 6.10 Å². The van der Waals surface area contributed by atoms with Gasteiger partial charge in [0.1, 0.15) is 6.10 Å². The molecule has 1 aliphatic rings. The average molecular weight is 284 g/mol. The third-order valence-corrected chi connectivity index (χ3v) is 3.54. The lowest BCUT2D eigenvalue weighted by molar-refractivity contribution is 0.0953. The summed E-state index contributed by atoms with van der Waals surface area (Å²) in [7, 11) is 3.18. The number of hydrogen-bond donors (Lipinski definition) is 0. The summed E-state index contributed by atoms with van der Waals surface area (Å²) in [5.74, 6) is 1.31. The summed E-state index contributed by atoms with van der Waals surface area (Å²) < 4.78 is 16.0. The molecule has 1 saturated heterocycles. The van der Waals surface area contributed by atoms with Gasteiger partial charge >= 0.3 is 0 Å². The van der Waals surface area contributed by atoms with Gasteiger partial charge in [-0.1, -0.05) is 36.4 Å². The van der Waals surface area contributed by atoms with Crippen LogP contribution < -0.4 is 9.47 Å². The van der Waals surface area contributed by atoms with Gasteiger partial charge in [-0.2, -0.15) is 0 Å². The van der Waals surface area contributed by atoms with Crippen molar-refractivity contribution < 1.29 is 19.0 Å². The molecule has 2 atom stereocenters. The maximum Gasteiger partial charge on any atom is 0.194 e. The molecule has 4 nitrogen and oxygen atoms in total. The van der Waals surface area contributed by atoms with Crippen LogP contribution in [0.3, 0.4) is 0 Å². The number of ketones is 1. The molecule has 0 aromatic heterocycles. The number of epoxide rings is 1. The van der Waals surface area contributed by atoms with Crippen LogP contribution in [0.5, 0.6) is 11.5 Å². The quantitative estimate of drug-likeness (QED) is 0.625. The Kier molecular flexibility index (Phi) is 3.62. The Balaban J connectivity index is 1.77. The van der Waals surface area contributed by atoms with Crippen LogP contribution in [0.25, 0.3) is 0 Å². The molecular weight excluding hydrogens is 268 g/mol. The van der Waals surface area contributed by atoms with Crippen molar-refractivity contribution in [1.29, 1.82) is 0 Å². The van der Waals surface area contributed by atoms with E-state index in [9.17, 15) is 4.79 Å². The molecule has 0 N–H and O–H groups in total. The molecule has 21 heavy (non-hydrogen) atoms. The zero-order valence-corrected chi connectivity index (χ0v) is 11.9. The smallest absolute Gasteiger partial charge is 0.194 e. The number of carbonyl (C=O) groups excluding carboxylic acids is 1. The van der Waals surface area contributed by atoms with Crippen LogP contribution >= 0.6 is 0 Å². The van der Waals surface area contributed by atoms with Gasteiger partial charge in [0, 0.05) is 5.56 Å². The lowest BCUT2D eigenvalue weighted by Gasteiger charge is -2.08. The summed E-state index contributed by atoms with van der Waals surface area (Å²) in [5, 5.41) is 0. The van der Waals surface area contributed by atoms with Crippen LogP contribution in [0.2, 0.25) is 0 Å². The molecule has 1 fully saturated rings. The van der Waals surface area contributed by atoms with Crippen molar-refractivity contribution in [2.45, 2.75) is 12.2 Å². The summed E-state index contributed by atoms with van der Waals surface area (Å²) in [4.78, 5) is 12.3. The second-order valence-corrected chi connectivity index (χ2v) is 4.82. The van der Waals surface area contributed by atoms with E-state index in [1.165, 1.54) is 0 Å². The summed E-state index contributed by atoms with van der Waals surface area (Å²) in [5.41, 5.74) is 1.59. The number of rotatable bonds is 5. The minimum atomic E-state index is -0.412. The van der Waals surface area contributed by atoms with Crippen LogP contribution in [0.1, 0.15) is 22.0 Å². The maximum atomic E-state index is 12.3. The van der Waals surface area contributed by atoms with Gasteiger partial charge in [0.15, 0.2) is 23.4 Å². The van der Waals surface area contributed by atoms with Crippen molar-refractivity contribution in [3.05, 3.63) is 59.7 Å². The third kappa shape index (κ3) is 2.62. The zero-order valence-electron chi connectivity index (χ0n) is 11.9. The number of methoxy groups -OCH3 is 2. The first-order chi connectivity index (χ1) is 10.2. The van der Waals surface area contributed by atoms with Crippen LogP contribution in [-0.2, 0) is 4.74 Å². The average Bonchev–Trinajstić information content (AvgIpc) is 3.35. The summed E-state index contributed by atoms with van der Waals surface area (Å²) in [6.45, 7) is 0. The molecule has 0 amide bonds. The highest BCUT2D eigenvalue weighted by Crippen LogP contribution is 2.43. The Hall–Kier alpha value is -2.33. The fraction of sp³-hybridized carbons (Fsp3) is 0.235. The van der Waals surface area contributed by atoms with E-state index in [4.69, 9.17) is 14.2 Å². The Morgan fingerprint density at radius 1 is 1.00 bits per heavy atom. The number of Topliss-reactive ketones (excluding diaryl/α,β-unsaturated/α-hetero) is 1. The van der Waals surface area contributed by atoms with Crippen LogP contribution in [0.4, 0.5) is 0 Å². The van der Waals surface area contributed by atoms with Gasteiger partial charge in [0.25, 0.3) is 0 Å².